The number of Topliss-reactive ketones (excluding diaryl/α,β-unsaturated/α-hetero) is 1. The average molecular weight is 631 g/mol. The molecule has 6 aliphatic carbocycles. The van der Waals surface area contributed by atoms with Crippen LogP contribution in [-0.4, -0.2) is 46.7 Å². The van der Waals surface area contributed by atoms with Crippen molar-refractivity contribution >= 4 is 22.6 Å². The average Bonchev–Trinajstić information content (AvgIpc) is 3.67. The predicted octanol–water partition coefficient (Wildman–Crippen LogP) is 6.58. The maximum Gasteiger partial charge on any atom is 0.185 e. The first-order chi connectivity index (χ1) is 22.6. The van der Waals surface area contributed by atoms with E-state index in [1.54, 1.807) is 0 Å². The third-order valence-electron chi connectivity index (χ3n) is 14.5. The topological polar surface area (TPSA) is 87.0 Å². The Bertz CT molecular complexity index is 1890. The summed E-state index contributed by atoms with van der Waals surface area (Å²) in [5.41, 5.74) is 6.07. The van der Waals surface area contributed by atoms with Crippen LogP contribution in [0.15, 0.2) is 66.8 Å². The Morgan fingerprint density at radius 1 is 1.02 bits per heavy atom. The fourth-order valence-electron chi connectivity index (χ4n) is 12.6. The van der Waals surface area contributed by atoms with E-state index in [1.807, 2.05) is 6.08 Å². The van der Waals surface area contributed by atoms with Gasteiger partial charge in [0.05, 0.1) is 11.5 Å². The molecule has 5 nitrogen and oxygen atoms in total. The van der Waals surface area contributed by atoms with Crippen LogP contribution in [0.3, 0.4) is 0 Å². The van der Waals surface area contributed by atoms with Crippen molar-refractivity contribution in [2.45, 2.75) is 87.9 Å². The van der Waals surface area contributed by atoms with Gasteiger partial charge in [0.25, 0.3) is 0 Å². The van der Waals surface area contributed by atoms with Crippen molar-refractivity contribution in [1.82, 2.24) is 0 Å². The molecule has 5 heteroatoms. The number of carbonyl (C=O) groups is 1. The van der Waals surface area contributed by atoms with Crippen molar-refractivity contribution in [1.29, 1.82) is 0 Å². The molecule has 3 aromatic rings. The molecule has 0 aliphatic heterocycles. The number of rotatable bonds is 2. The number of fused-ring (bicyclic) bond motifs is 2. The number of hydrogen-bond acceptors (Lipinski definition) is 5. The van der Waals surface area contributed by atoms with E-state index in [2.05, 4.69) is 68.1 Å². The zero-order valence-electron chi connectivity index (χ0n) is 27.6. The first kappa shape index (κ1) is 30.0. The minimum atomic E-state index is -1.74. The number of aryl methyl sites for hydroxylation is 1. The Hall–Kier alpha value is -3.09. The summed E-state index contributed by atoms with van der Waals surface area (Å²) < 4.78 is 6.01. The van der Waals surface area contributed by atoms with Crippen LogP contribution in [0.5, 0.6) is 0 Å². The van der Waals surface area contributed by atoms with E-state index in [9.17, 15) is 15.3 Å². The van der Waals surface area contributed by atoms with Gasteiger partial charge in [-0.25, -0.2) is 0 Å². The van der Waals surface area contributed by atoms with E-state index in [-0.39, 0.29) is 36.1 Å². The first-order valence-electron chi connectivity index (χ1n) is 17.8. The smallest absolute Gasteiger partial charge is 0.185 e. The molecule has 3 fully saturated rings. The SMILES string of the molecule is C=C1[C@H]2[C@@H](CO)C[C@@]3(C(=O)CCc4cccc5c4CC[C@@H]4CCC[C@]54[C@H]4c5cc6cc(ccc6cc5C=C[C@@H]4O)C[C@]13C)[C@]2(O)OC. The van der Waals surface area contributed by atoms with Gasteiger partial charge in [-0.05, 0) is 107 Å². The third kappa shape index (κ3) is 3.52. The lowest BCUT2D eigenvalue weighted by molar-refractivity contribution is -0.254. The molecule has 0 aromatic heterocycles. The molecule has 9 bridgehead atoms. The lowest BCUT2D eigenvalue weighted by Crippen LogP contribution is -2.56. The van der Waals surface area contributed by atoms with Crippen molar-refractivity contribution in [2.24, 2.45) is 28.6 Å². The van der Waals surface area contributed by atoms with E-state index in [0.717, 1.165) is 47.6 Å². The molecule has 3 N–H and O–H groups in total. The van der Waals surface area contributed by atoms with Gasteiger partial charge in [0.2, 0.25) is 0 Å². The van der Waals surface area contributed by atoms with E-state index < -0.39 is 28.6 Å². The molecule has 6 aliphatic rings. The van der Waals surface area contributed by atoms with Crippen LogP contribution in [0.4, 0.5) is 0 Å². The zero-order valence-corrected chi connectivity index (χ0v) is 27.6. The number of hydrogen-bond donors (Lipinski definition) is 3. The number of ketones is 1. The van der Waals surface area contributed by atoms with Crippen LogP contribution < -0.4 is 0 Å². The zero-order chi connectivity index (χ0) is 32.5. The maximum atomic E-state index is 15.0. The molecule has 0 unspecified atom stereocenters. The van der Waals surface area contributed by atoms with Crippen molar-refractivity contribution < 1.29 is 24.9 Å². The number of carbonyl (C=O) groups excluding carboxylic acids is 1. The molecule has 47 heavy (non-hydrogen) atoms. The summed E-state index contributed by atoms with van der Waals surface area (Å²) in [5.74, 6) is -2.10. The highest BCUT2D eigenvalue weighted by Gasteiger charge is 2.80. The van der Waals surface area contributed by atoms with Gasteiger partial charge in [-0.1, -0.05) is 80.1 Å². The van der Waals surface area contributed by atoms with Gasteiger partial charge in [0.15, 0.2) is 5.79 Å². The van der Waals surface area contributed by atoms with Gasteiger partial charge in [0, 0.05) is 42.8 Å². The van der Waals surface area contributed by atoms with E-state index in [4.69, 9.17) is 4.74 Å². The lowest BCUT2D eigenvalue weighted by Gasteiger charge is -2.50. The Labute approximate surface area is 277 Å². The molecule has 2 spiro atoms. The van der Waals surface area contributed by atoms with Crippen LogP contribution >= 0.6 is 0 Å². The summed E-state index contributed by atoms with van der Waals surface area (Å²) in [6, 6.07) is 17.9. The highest BCUT2D eigenvalue weighted by atomic mass is 16.6. The molecule has 3 aromatic carbocycles. The minimum Gasteiger partial charge on any atom is -0.396 e. The Morgan fingerprint density at radius 3 is 2.68 bits per heavy atom. The fourth-order valence-corrected chi connectivity index (χ4v) is 12.6. The second-order valence-corrected chi connectivity index (χ2v) is 16.0. The van der Waals surface area contributed by atoms with Crippen LogP contribution in [0.2, 0.25) is 0 Å². The number of aliphatic hydroxyl groups is 3. The molecule has 9 atom stereocenters. The van der Waals surface area contributed by atoms with Crippen molar-refractivity contribution in [2.75, 3.05) is 13.7 Å². The summed E-state index contributed by atoms with van der Waals surface area (Å²) >= 11 is 0. The van der Waals surface area contributed by atoms with E-state index in [1.165, 1.54) is 41.3 Å². The van der Waals surface area contributed by atoms with Gasteiger partial charge in [0.1, 0.15) is 5.78 Å². The lowest BCUT2D eigenvalue weighted by atomic mass is 9.54. The molecule has 9 rings (SSSR count). The molecular formula is C42H46O5. The predicted molar refractivity (Wildman–Crippen MR) is 183 cm³/mol. The van der Waals surface area contributed by atoms with Crippen molar-refractivity contribution in [3.8, 4) is 0 Å². The molecule has 244 valence electrons. The van der Waals surface area contributed by atoms with Crippen LogP contribution in [0.1, 0.15) is 84.7 Å². The second kappa shape index (κ2) is 9.98. The molecule has 0 radical (unpaired) electrons. The number of benzene rings is 3. The summed E-state index contributed by atoms with van der Waals surface area (Å²) in [4.78, 5) is 15.0. The van der Waals surface area contributed by atoms with Crippen molar-refractivity contribution in [3.63, 3.8) is 0 Å². The quantitative estimate of drug-likeness (QED) is 0.220. The minimum absolute atomic E-state index is 0.00142. The van der Waals surface area contributed by atoms with E-state index >= 15 is 4.79 Å². The number of ether oxygens (including phenoxy) is 1. The molecule has 3 saturated carbocycles. The van der Waals surface area contributed by atoms with Crippen LogP contribution in [-0.2, 0) is 34.2 Å². The molecule has 0 heterocycles. The van der Waals surface area contributed by atoms with Gasteiger partial charge < -0.3 is 20.1 Å². The van der Waals surface area contributed by atoms with Gasteiger partial charge in [-0.3, -0.25) is 4.79 Å². The highest BCUT2D eigenvalue weighted by molar-refractivity contribution is 5.91. The first-order valence-corrected chi connectivity index (χ1v) is 17.8. The summed E-state index contributed by atoms with van der Waals surface area (Å²) in [7, 11) is 1.50. The van der Waals surface area contributed by atoms with Crippen LogP contribution in [0.25, 0.3) is 16.8 Å². The highest BCUT2D eigenvalue weighted by Crippen LogP contribution is 2.74. The fraction of sp³-hybridized carbons (Fsp3) is 0.500. The Kier molecular flexibility index (Phi) is 6.37. The van der Waals surface area contributed by atoms with Gasteiger partial charge in [-0.15, -0.1) is 0 Å². The van der Waals surface area contributed by atoms with Gasteiger partial charge in [-0.2, -0.15) is 0 Å². The number of methoxy groups -OCH3 is 1. The molecule has 0 amide bonds. The summed E-state index contributed by atoms with van der Waals surface area (Å²) in [6.07, 6.45) is 10.8. The third-order valence-corrected chi connectivity index (χ3v) is 14.5. The maximum absolute atomic E-state index is 15.0. The van der Waals surface area contributed by atoms with E-state index in [0.29, 0.717) is 25.2 Å². The molecule has 0 saturated heterocycles. The normalized spacial score (nSPS) is 40.0. The number of aliphatic hydroxyl groups excluding tert-OH is 2. The molecular weight excluding hydrogens is 584 g/mol. The van der Waals surface area contributed by atoms with Gasteiger partial charge >= 0.3 is 0 Å². The van der Waals surface area contributed by atoms with Crippen LogP contribution in [0, 0.1) is 28.6 Å². The standard InChI is InChI=1S/C42H46O5/c1-24-37-30(23-43)22-41(42(37,46)47-3)36(45)16-12-26-6-4-8-34-32(26)14-13-31-7-5-17-40(31,34)38-33-20-29-18-25(21-39(24,41)2)9-10-27(29)19-28(33)11-15-35(38)44/h4,6,8-11,15,18-20,30-31,35,37-38,43-44,46H,1,5,7,12-14,16-17,21-23H2,2-3H3/t30-,31+,35+,37+,38+,39-,40-,41+,42-/m1/s1. The summed E-state index contributed by atoms with van der Waals surface area (Å²) in [6.45, 7) is 6.52. The Balaban J connectivity index is 1.31. The largest absolute Gasteiger partial charge is 0.396 e. The van der Waals surface area contributed by atoms with Crippen molar-refractivity contribution in [3.05, 3.63) is 100 Å². The monoisotopic (exact) mass is 630 g/mol. The second-order valence-electron chi connectivity index (χ2n) is 16.0. The Morgan fingerprint density at radius 2 is 1.87 bits per heavy atom. The summed E-state index contributed by atoms with van der Waals surface area (Å²) in [5, 5.41) is 37.2.